The lowest BCUT2D eigenvalue weighted by Crippen LogP contribution is -2.55. The number of likely N-dealkylation sites (tertiary alicyclic amines) is 1. The number of nitrogens with zero attached hydrogens (tertiary/aromatic N) is 1. The zero-order valence-corrected chi connectivity index (χ0v) is 9.69. The monoisotopic (exact) mass is 228 g/mol. The topological polar surface area (TPSA) is 75.8 Å². The van der Waals surface area contributed by atoms with E-state index < -0.39 is 11.6 Å². The maximum atomic E-state index is 11.8. The second-order valence-corrected chi connectivity index (χ2v) is 4.88. The number of amides is 1. The largest absolute Gasteiger partial charge is 0.385 e. The Hall–Kier alpha value is -0.650. The van der Waals surface area contributed by atoms with Crippen LogP contribution in [0.25, 0.3) is 0 Å². The van der Waals surface area contributed by atoms with Crippen LogP contribution >= 0.6 is 0 Å². The van der Waals surface area contributed by atoms with Gasteiger partial charge in [0, 0.05) is 19.6 Å². The summed E-state index contributed by atoms with van der Waals surface area (Å²) < 4.78 is 5.35. The zero-order chi connectivity index (χ0) is 11.8. The van der Waals surface area contributed by atoms with Crippen molar-refractivity contribution < 1.29 is 14.6 Å². The van der Waals surface area contributed by atoms with Gasteiger partial charge < -0.3 is 20.5 Å². The Morgan fingerprint density at radius 3 is 3.06 bits per heavy atom. The second kappa shape index (κ2) is 4.31. The van der Waals surface area contributed by atoms with Gasteiger partial charge in [0.05, 0.1) is 18.7 Å². The van der Waals surface area contributed by atoms with E-state index in [1.807, 2.05) is 6.92 Å². The number of nitrogens with two attached hydrogens (primary N) is 1. The molecule has 16 heavy (non-hydrogen) atoms. The lowest BCUT2D eigenvalue weighted by molar-refractivity contribution is -0.140. The molecule has 0 radical (unpaired) electrons. The van der Waals surface area contributed by atoms with Crippen LogP contribution in [0, 0.1) is 0 Å². The predicted octanol–water partition coefficient (Wildman–Crippen LogP) is -0.524. The molecule has 2 rings (SSSR count). The van der Waals surface area contributed by atoms with Crippen molar-refractivity contribution in [1.29, 1.82) is 0 Å². The molecule has 0 bridgehead atoms. The van der Waals surface area contributed by atoms with Crippen molar-refractivity contribution in [3.8, 4) is 0 Å². The molecule has 3 N–H and O–H groups in total. The van der Waals surface area contributed by atoms with Crippen LogP contribution in [0.15, 0.2) is 0 Å². The Kier molecular flexibility index (Phi) is 3.19. The number of β-amino-alcohol motifs (C(OH)–C–C–N with tert-alkyl or cyclic N) is 1. The van der Waals surface area contributed by atoms with Gasteiger partial charge in [-0.15, -0.1) is 0 Å². The van der Waals surface area contributed by atoms with Crippen LogP contribution in [0.2, 0.25) is 0 Å². The third-order valence-electron chi connectivity index (χ3n) is 3.70. The normalized spacial score (nSPS) is 40.4. The van der Waals surface area contributed by atoms with Crippen LogP contribution in [-0.2, 0) is 9.53 Å². The number of carbonyl (C=O) groups is 1. The lowest BCUT2D eigenvalue weighted by Gasteiger charge is -2.37. The minimum absolute atomic E-state index is 0.0428. The van der Waals surface area contributed by atoms with Gasteiger partial charge in [0.2, 0.25) is 5.91 Å². The highest BCUT2D eigenvalue weighted by Gasteiger charge is 2.42. The van der Waals surface area contributed by atoms with Crippen molar-refractivity contribution >= 4 is 5.91 Å². The summed E-state index contributed by atoms with van der Waals surface area (Å²) in [6.45, 7) is 3.45. The summed E-state index contributed by atoms with van der Waals surface area (Å²) in [4.78, 5) is 13.5. The summed E-state index contributed by atoms with van der Waals surface area (Å²) >= 11 is 0. The Bertz CT molecular complexity index is 284. The van der Waals surface area contributed by atoms with E-state index in [0.29, 0.717) is 26.1 Å². The summed E-state index contributed by atoms with van der Waals surface area (Å²) in [5.74, 6) is -0.0428. The van der Waals surface area contributed by atoms with Crippen LogP contribution in [0.1, 0.15) is 26.2 Å². The fourth-order valence-corrected chi connectivity index (χ4v) is 2.44. The van der Waals surface area contributed by atoms with E-state index in [1.165, 1.54) is 0 Å². The number of rotatable bonds is 2. The molecular weight excluding hydrogens is 208 g/mol. The van der Waals surface area contributed by atoms with Crippen LogP contribution in [0.3, 0.4) is 0 Å². The quantitative estimate of drug-likeness (QED) is 0.666. The first kappa shape index (κ1) is 11.8. The van der Waals surface area contributed by atoms with Gasteiger partial charge in [0.25, 0.3) is 0 Å². The summed E-state index contributed by atoms with van der Waals surface area (Å²) in [5.41, 5.74) is 4.82. The van der Waals surface area contributed by atoms with E-state index in [2.05, 4.69) is 0 Å². The van der Waals surface area contributed by atoms with E-state index in [9.17, 15) is 9.90 Å². The van der Waals surface area contributed by atoms with Crippen molar-refractivity contribution in [2.24, 2.45) is 5.73 Å². The molecule has 0 aromatic heterocycles. The minimum Gasteiger partial charge on any atom is -0.385 e. The van der Waals surface area contributed by atoms with Crippen LogP contribution < -0.4 is 5.73 Å². The Morgan fingerprint density at radius 1 is 1.69 bits per heavy atom. The molecule has 0 aromatic carbocycles. The SMILES string of the molecule is CC1OCCC1(O)CN1CCCC(N)C1=O. The molecule has 2 aliphatic heterocycles. The van der Waals surface area contributed by atoms with Crippen LogP contribution in [0.5, 0.6) is 0 Å². The average Bonchev–Trinajstić information content (AvgIpc) is 2.55. The second-order valence-electron chi connectivity index (χ2n) is 4.88. The van der Waals surface area contributed by atoms with E-state index in [1.54, 1.807) is 4.90 Å². The van der Waals surface area contributed by atoms with E-state index in [-0.39, 0.29) is 12.0 Å². The van der Waals surface area contributed by atoms with E-state index in [0.717, 1.165) is 12.8 Å². The lowest BCUT2D eigenvalue weighted by atomic mass is 9.94. The summed E-state index contributed by atoms with van der Waals surface area (Å²) in [6, 6.07) is -0.394. The Labute approximate surface area is 95.5 Å². The summed E-state index contributed by atoms with van der Waals surface area (Å²) in [6.07, 6.45) is 2.05. The molecule has 2 aliphatic rings. The maximum Gasteiger partial charge on any atom is 0.239 e. The van der Waals surface area contributed by atoms with Gasteiger partial charge in [-0.25, -0.2) is 0 Å². The number of ether oxygens (including phenoxy) is 1. The molecule has 0 saturated carbocycles. The van der Waals surface area contributed by atoms with Gasteiger partial charge in [0.1, 0.15) is 5.60 Å². The molecule has 3 unspecified atom stereocenters. The molecule has 0 spiro atoms. The number of piperidine rings is 1. The molecule has 0 aromatic rings. The van der Waals surface area contributed by atoms with Crippen molar-refractivity contribution in [2.45, 2.75) is 43.9 Å². The van der Waals surface area contributed by atoms with Crippen LogP contribution in [0.4, 0.5) is 0 Å². The molecule has 5 heteroatoms. The minimum atomic E-state index is -0.896. The van der Waals surface area contributed by atoms with Gasteiger partial charge in [-0.1, -0.05) is 0 Å². The molecule has 2 saturated heterocycles. The highest BCUT2D eigenvalue weighted by atomic mass is 16.5. The number of carbonyl (C=O) groups excluding carboxylic acids is 1. The Morgan fingerprint density at radius 2 is 2.44 bits per heavy atom. The van der Waals surface area contributed by atoms with Gasteiger partial charge in [-0.3, -0.25) is 4.79 Å². The highest BCUT2D eigenvalue weighted by molar-refractivity contribution is 5.82. The third-order valence-corrected chi connectivity index (χ3v) is 3.70. The first-order chi connectivity index (χ1) is 7.53. The summed E-state index contributed by atoms with van der Waals surface area (Å²) in [7, 11) is 0. The maximum absolute atomic E-state index is 11.8. The van der Waals surface area contributed by atoms with Gasteiger partial charge >= 0.3 is 0 Å². The first-order valence-corrected chi connectivity index (χ1v) is 5.91. The molecule has 0 aliphatic carbocycles. The fraction of sp³-hybridized carbons (Fsp3) is 0.909. The molecule has 5 nitrogen and oxygen atoms in total. The average molecular weight is 228 g/mol. The van der Waals surface area contributed by atoms with Crippen molar-refractivity contribution in [3.05, 3.63) is 0 Å². The molecule has 3 atom stereocenters. The Balaban J connectivity index is 2.00. The number of aliphatic hydroxyl groups is 1. The predicted molar refractivity (Wildman–Crippen MR) is 58.8 cm³/mol. The fourth-order valence-electron chi connectivity index (χ4n) is 2.44. The highest BCUT2D eigenvalue weighted by Crippen LogP contribution is 2.27. The molecule has 2 fully saturated rings. The van der Waals surface area contributed by atoms with Gasteiger partial charge in [-0.2, -0.15) is 0 Å². The molecular formula is C11H20N2O3. The molecule has 2 heterocycles. The molecule has 1 amide bonds. The van der Waals surface area contributed by atoms with Crippen molar-refractivity contribution in [1.82, 2.24) is 4.90 Å². The summed E-state index contributed by atoms with van der Waals surface area (Å²) in [5, 5.41) is 10.4. The van der Waals surface area contributed by atoms with Crippen LogP contribution in [-0.4, -0.2) is 53.4 Å². The number of hydrogen-bond acceptors (Lipinski definition) is 4. The standard InChI is InChI=1S/C11H20N2O3/c1-8-11(15,4-6-16-8)7-13-5-2-3-9(12)10(13)14/h8-9,15H,2-7,12H2,1H3. The number of hydrogen-bond donors (Lipinski definition) is 2. The van der Waals surface area contributed by atoms with E-state index in [4.69, 9.17) is 10.5 Å². The third kappa shape index (κ3) is 2.07. The van der Waals surface area contributed by atoms with Gasteiger partial charge in [0.15, 0.2) is 0 Å². The van der Waals surface area contributed by atoms with Crippen molar-refractivity contribution in [2.75, 3.05) is 19.7 Å². The van der Waals surface area contributed by atoms with Gasteiger partial charge in [-0.05, 0) is 19.8 Å². The first-order valence-electron chi connectivity index (χ1n) is 5.91. The van der Waals surface area contributed by atoms with E-state index >= 15 is 0 Å². The van der Waals surface area contributed by atoms with Crippen molar-refractivity contribution in [3.63, 3.8) is 0 Å². The zero-order valence-electron chi connectivity index (χ0n) is 9.69. The molecule has 92 valence electrons. The smallest absolute Gasteiger partial charge is 0.239 e.